The number of thioether (sulfide) groups is 5. The van der Waals surface area contributed by atoms with Gasteiger partial charge in [-0.05, 0) is 12.8 Å². The van der Waals surface area contributed by atoms with Crippen LogP contribution in [0.25, 0.3) is 0 Å². The highest BCUT2D eigenvalue weighted by Crippen LogP contribution is 2.47. The van der Waals surface area contributed by atoms with E-state index in [-0.39, 0.29) is 5.25 Å². The predicted molar refractivity (Wildman–Crippen MR) is 161 cm³/mol. The number of hydrogen-bond donors (Lipinski definition) is 7. The molecular weight excluding hydrogens is 553 g/mol. The van der Waals surface area contributed by atoms with Crippen LogP contribution in [-0.2, 0) is 0 Å². The average molecular weight is 581 g/mol. The number of thiol groups is 7. The average Bonchev–Trinajstić information content (AvgIpc) is 2.63. The van der Waals surface area contributed by atoms with E-state index in [0.717, 1.165) is 33.8 Å². The van der Waals surface area contributed by atoms with Crippen LogP contribution in [0.4, 0.5) is 0 Å². The molecule has 0 aliphatic carbocycles. The summed E-state index contributed by atoms with van der Waals surface area (Å²) in [7, 11) is 0. The minimum absolute atomic E-state index is 0.277. The van der Waals surface area contributed by atoms with Crippen molar-refractivity contribution >= 4 is 147 Å². The van der Waals surface area contributed by atoms with Gasteiger partial charge in [0.05, 0.1) is 8.50 Å². The van der Waals surface area contributed by atoms with Gasteiger partial charge in [-0.25, -0.2) is 0 Å². The van der Waals surface area contributed by atoms with E-state index >= 15 is 0 Å². The van der Waals surface area contributed by atoms with Crippen LogP contribution in [0.1, 0.15) is 12.8 Å². The van der Waals surface area contributed by atoms with Gasteiger partial charge in [-0.1, -0.05) is 0 Å². The van der Waals surface area contributed by atoms with E-state index in [4.69, 9.17) is 25.3 Å². The Kier molecular flexibility index (Phi) is 18.2. The van der Waals surface area contributed by atoms with Crippen molar-refractivity contribution in [1.29, 1.82) is 0 Å². The molecular formula is C14H28S12. The summed E-state index contributed by atoms with van der Waals surface area (Å²) in [5.74, 6) is 2.76. The van der Waals surface area contributed by atoms with Crippen LogP contribution in [0.15, 0.2) is 0 Å². The van der Waals surface area contributed by atoms with Crippen LogP contribution >= 0.6 is 147 Å². The lowest BCUT2D eigenvalue weighted by molar-refractivity contribution is 0.713. The standard InChI is InChI=1S/C14H28S12/c15-3-8-1-13(26-14(21)25-8)22-5-10(20)12(24-7-18)2-11(23-6-17)9(19)4-16/h8-21H,1-7H2. The molecule has 0 spiro atoms. The summed E-state index contributed by atoms with van der Waals surface area (Å²) >= 11 is 41.8. The normalized spacial score (nSPS) is 28.5. The molecule has 1 rings (SSSR count). The maximum Gasteiger partial charge on any atom is 0.0941 e. The fourth-order valence-electron chi connectivity index (χ4n) is 2.40. The van der Waals surface area contributed by atoms with Gasteiger partial charge in [0.15, 0.2) is 0 Å². The Labute approximate surface area is 219 Å². The Bertz CT molecular complexity index is 359. The van der Waals surface area contributed by atoms with Crippen LogP contribution in [0.2, 0.25) is 0 Å². The summed E-state index contributed by atoms with van der Waals surface area (Å²) in [5.41, 5.74) is 0. The van der Waals surface area contributed by atoms with E-state index in [0.29, 0.717) is 29.5 Å². The van der Waals surface area contributed by atoms with E-state index in [9.17, 15) is 0 Å². The first-order valence-electron chi connectivity index (χ1n) is 8.08. The van der Waals surface area contributed by atoms with Crippen molar-refractivity contribution < 1.29 is 0 Å². The molecule has 26 heavy (non-hydrogen) atoms. The maximum atomic E-state index is 4.97. The zero-order valence-electron chi connectivity index (χ0n) is 14.2. The fraction of sp³-hybridized carbons (Fsp3) is 1.00. The van der Waals surface area contributed by atoms with Crippen molar-refractivity contribution in [3.63, 3.8) is 0 Å². The molecule has 12 heteroatoms. The van der Waals surface area contributed by atoms with Gasteiger partial charge in [-0.2, -0.15) is 88.4 Å². The number of rotatable bonds is 13. The quantitative estimate of drug-likeness (QED) is 0.100. The van der Waals surface area contributed by atoms with Crippen LogP contribution in [0.5, 0.6) is 0 Å². The first-order chi connectivity index (χ1) is 12.4. The van der Waals surface area contributed by atoms with Crippen molar-refractivity contribution in [1.82, 2.24) is 0 Å². The summed E-state index contributed by atoms with van der Waals surface area (Å²) < 4.78 is 0.945. The summed E-state index contributed by atoms with van der Waals surface area (Å²) in [4.78, 5) is 0. The van der Waals surface area contributed by atoms with Gasteiger partial charge in [0.2, 0.25) is 0 Å². The Morgan fingerprint density at radius 2 is 1.54 bits per heavy atom. The topological polar surface area (TPSA) is 0 Å². The third-order valence-corrected chi connectivity index (χ3v) is 14.9. The first kappa shape index (κ1) is 28.2. The highest BCUT2D eigenvalue weighted by atomic mass is 32.3. The minimum Gasteiger partial charge on any atom is -0.178 e. The second-order valence-electron chi connectivity index (χ2n) is 5.60. The summed E-state index contributed by atoms with van der Waals surface area (Å²) in [6.45, 7) is 0. The fourth-order valence-corrected chi connectivity index (χ4v) is 13.3. The Morgan fingerprint density at radius 3 is 2.08 bits per heavy atom. The zero-order chi connectivity index (χ0) is 19.5. The van der Waals surface area contributed by atoms with Gasteiger partial charge in [0, 0.05) is 53.7 Å². The molecule has 0 nitrogen and oxygen atoms in total. The Balaban J connectivity index is 2.56. The highest BCUT2D eigenvalue weighted by molar-refractivity contribution is 8.32. The van der Waals surface area contributed by atoms with E-state index in [1.54, 1.807) is 0 Å². The van der Waals surface area contributed by atoms with Gasteiger partial charge in [0.1, 0.15) is 0 Å². The van der Waals surface area contributed by atoms with Gasteiger partial charge < -0.3 is 0 Å². The summed E-state index contributed by atoms with van der Waals surface area (Å²) in [5, 5.41) is 3.76. The van der Waals surface area contributed by atoms with Gasteiger partial charge in [0.25, 0.3) is 0 Å². The maximum absolute atomic E-state index is 4.97. The second-order valence-corrected chi connectivity index (χ2v) is 17.4. The lowest BCUT2D eigenvalue weighted by Gasteiger charge is -2.33. The SMILES string of the molecule is SCSC(CC(SCS)C(S)CSC1CC(CS)SC(S)S1)C(S)CS. The highest BCUT2D eigenvalue weighted by Gasteiger charge is 2.30. The largest absolute Gasteiger partial charge is 0.178 e. The van der Waals surface area contributed by atoms with Crippen LogP contribution in [0.3, 0.4) is 0 Å². The van der Waals surface area contributed by atoms with Crippen molar-refractivity contribution in [3.05, 3.63) is 0 Å². The molecule has 1 aliphatic rings. The molecule has 0 radical (unpaired) electrons. The lowest BCUT2D eigenvalue weighted by Crippen LogP contribution is -2.31. The third-order valence-electron chi connectivity index (χ3n) is 3.78. The van der Waals surface area contributed by atoms with Crippen molar-refractivity contribution in [2.75, 3.05) is 27.4 Å². The van der Waals surface area contributed by atoms with E-state index in [2.05, 4.69) is 63.1 Å². The molecule has 1 heterocycles. The molecule has 0 aromatic rings. The molecule has 0 amide bonds. The molecule has 156 valence electrons. The molecule has 7 unspecified atom stereocenters. The molecule has 0 bridgehead atoms. The van der Waals surface area contributed by atoms with E-state index in [1.165, 1.54) is 6.42 Å². The third kappa shape index (κ3) is 11.2. The van der Waals surface area contributed by atoms with E-state index in [1.807, 2.05) is 58.8 Å². The van der Waals surface area contributed by atoms with Gasteiger partial charge >= 0.3 is 0 Å². The number of hydrogen-bond acceptors (Lipinski definition) is 12. The van der Waals surface area contributed by atoms with Gasteiger partial charge in [-0.3, -0.25) is 0 Å². The van der Waals surface area contributed by atoms with Crippen molar-refractivity contribution in [2.45, 2.75) is 47.6 Å². The Hall–Kier alpha value is 4.20. The molecule has 0 aromatic heterocycles. The van der Waals surface area contributed by atoms with Crippen LogP contribution in [0, 0.1) is 0 Å². The zero-order valence-corrected chi connectivity index (χ0v) is 24.5. The summed E-state index contributed by atoms with van der Waals surface area (Å²) in [6, 6.07) is 0. The molecule has 0 aromatic carbocycles. The first-order valence-corrected chi connectivity index (χ1v) is 17.2. The molecule has 1 aliphatic heterocycles. The van der Waals surface area contributed by atoms with E-state index < -0.39 is 0 Å². The second kappa shape index (κ2) is 16.8. The van der Waals surface area contributed by atoms with Crippen LogP contribution < -0.4 is 0 Å². The molecule has 0 N–H and O–H groups in total. The van der Waals surface area contributed by atoms with Crippen LogP contribution in [-0.4, -0.2) is 62.2 Å². The predicted octanol–water partition coefficient (Wildman–Crippen LogP) is 6.32. The van der Waals surface area contributed by atoms with Gasteiger partial charge in [-0.15, -0.1) is 58.8 Å². The van der Waals surface area contributed by atoms with Crippen molar-refractivity contribution in [2.24, 2.45) is 0 Å². The minimum atomic E-state index is 0.277. The Morgan fingerprint density at radius 1 is 0.923 bits per heavy atom. The monoisotopic (exact) mass is 580 g/mol. The summed E-state index contributed by atoms with van der Waals surface area (Å²) in [6.07, 6.45) is 2.27. The lowest BCUT2D eigenvalue weighted by atomic mass is 10.1. The van der Waals surface area contributed by atoms with Crippen molar-refractivity contribution in [3.8, 4) is 0 Å². The molecule has 7 atom stereocenters. The molecule has 1 saturated heterocycles. The molecule has 0 saturated carbocycles. The molecule has 1 fully saturated rings. The smallest absolute Gasteiger partial charge is 0.0941 e.